The van der Waals surface area contributed by atoms with Gasteiger partial charge in [0.25, 0.3) is 5.91 Å². The van der Waals surface area contributed by atoms with Crippen LogP contribution in [0, 0.1) is 10.1 Å². The zero-order chi connectivity index (χ0) is 19.1. The van der Waals surface area contributed by atoms with Gasteiger partial charge in [-0.3, -0.25) is 14.9 Å². The Balaban J connectivity index is 1.97. The Morgan fingerprint density at radius 1 is 1.15 bits per heavy atom. The number of ether oxygens (including phenoxy) is 3. The fraction of sp³-hybridized carbons (Fsp3) is 0.235. The second kappa shape index (κ2) is 8.91. The number of nitrogens with one attached hydrogen (secondary N) is 1. The van der Waals surface area contributed by atoms with E-state index in [0.717, 1.165) is 0 Å². The van der Waals surface area contributed by atoms with Crippen LogP contribution < -0.4 is 19.5 Å². The molecule has 0 radical (unpaired) electrons. The molecule has 26 heavy (non-hydrogen) atoms. The number of benzene rings is 2. The van der Waals surface area contributed by atoms with Gasteiger partial charge in [0.2, 0.25) is 0 Å². The van der Waals surface area contributed by atoms with Crippen LogP contribution in [0.5, 0.6) is 17.2 Å². The van der Waals surface area contributed by atoms with Gasteiger partial charge in [0.05, 0.1) is 19.1 Å². The van der Waals surface area contributed by atoms with Crippen molar-refractivity contribution in [3.05, 3.63) is 57.1 Å². The predicted molar refractivity (Wildman–Crippen MR) is 95.0 cm³/mol. The number of hydrogen-bond acceptors (Lipinski definition) is 6. The van der Waals surface area contributed by atoms with Crippen molar-refractivity contribution in [1.82, 2.24) is 5.32 Å². The minimum atomic E-state index is -0.573. The number of methoxy groups -OCH3 is 2. The number of halogens is 1. The average molecular weight is 381 g/mol. The molecule has 8 nitrogen and oxygen atoms in total. The second-order valence-electron chi connectivity index (χ2n) is 5.09. The summed E-state index contributed by atoms with van der Waals surface area (Å²) in [5.74, 6) is 0.537. The summed E-state index contributed by atoms with van der Waals surface area (Å²) in [6.07, 6.45) is 0. The van der Waals surface area contributed by atoms with Gasteiger partial charge < -0.3 is 19.5 Å². The molecule has 0 atom stereocenters. The van der Waals surface area contributed by atoms with Crippen LogP contribution in [0.1, 0.15) is 5.56 Å². The van der Waals surface area contributed by atoms with Crippen molar-refractivity contribution in [2.45, 2.75) is 6.54 Å². The highest BCUT2D eigenvalue weighted by molar-refractivity contribution is 6.31. The Bertz CT molecular complexity index is 812. The summed E-state index contributed by atoms with van der Waals surface area (Å²) in [7, 11) is 2.99. The summed E-state index contributed by atoms with van der Waals surface area (Å²) >= 11 is 6.16. The Kier molecular flexibility index (Phi) is 6.62. The van der Waals surface area contributed by atoms with E-state index in [0.29, 0.717) is 22.1 Å². The fourth-order valence-corrected chi connectivity index (χ4v) is 2.37. The van der Waals surface area contributed by atoms with Crippen LogP contribution in [0.3, 0.4) is 0 Å². The Morgan fingerprint density at radius 2 is 1.81 bits per heavy atom. The Labute approximate surface area is 154 Å². The molecule has 0 fully saturated rings. The lowest BCUT2D eigenvalue weighted by Gasteiger charge is -2.12. The van der Waals surface area contributed by atoms with Crippen molar-refractivity contribution in [1.29, 1.82) is 0 Å². The van der Waals surface area contributed by atoms with Gasteiger partial charge in [0.15, 0.2) is 23.9 Å². The number of nitrogens with zero attached hydrogens (tertiary/aromatic N) is 1. The molecule has 0 saturated heterocycles. The molecule has 0 spiro atoms. The molecule has 138 valence electrons. The quantitative estimate of drug-likeness (QED) is 0.558. The maximum Gasteiger partial charge on any atom is 0.310 e. The maximum absolute atomic E-state index is 12.0. The molecule has 0 saturated carbocycles. The highest BCUT2D eigenvalue weighted by atomic mass is 35.5. The Morgan fingerprint density at radius 3 is 2.46 bits per heavy atom. The van der Waals surface area contributed by atoms with E-state index < -0.39 is 10.8 Å². The van der Waals surface area contributed by atoms with Crippen LogP contribution >= 0.6 is 11.6 Å². The smallest absolute Gasteiger partial charge is 0.310 e. The first kappa shape index (κ1) is 19.3. The first-order valence-corrected chi connectivity index (χ1v) is 7.87. The van der Waals surface area contributed by atoms with E-state index in [-0.39, 0.29) is 24.6 Å². The molecule has 1 amide bonds. The minimum Gasteiger partial charge on any atom is -0.493 e. The highest BCUT2D eigenvalue weighted by Gasteiger charge is 2.15. The molecule has 2 rings (SSSR count). The van der Waals surface area contributed by atoms with E-state index in [4.69, 9.17) is 25.8 Å². The summed E-state index contributed by atoms with van der Waals surface area (Å²) in [6, 6.07) is 9.08. The van der Waals surface area contributed by atoms with E-state index in [1.807, 2.05) is 0 Å². The average Bonchev–Trinajstić information content (AvgIpc) is 2.65. The van der Waals surface area contributed by atoms with Crippen molar-refractivity contribution in [3.63, 3.8) is 0 Å². The Hall–Kier alpha value is -3.00. The second-order valence-corrected chi connectivity index (χ2v) is 5.50. The number of carbonyl (C=O) groups is 1. The zero-order valence-corrected chi connectivity index (χ0v) is 14.9. The number of hydrogen-bond donors (Lipinski definition) is 1. The zero-order valence-electron chi connectivity index (χ0n) is 14.2. The van der Waals surface area contributed by atoms with Crippen LogP contribution in [0.15, 0.2) is 36.4 Å². The molecule has 0 aliphatic heterocycles. The lowest BCUT2D eigenvalue weighted by atomic mass is 10.2. The van der Waals surface area contributed by atoms with E-state index >= 15 is 0 Å². The summed E-state index contributed by atoms with van der Waals surface area (Å²) in [5, 5.41) is 14.0. The van der Waals surface area contributed by atoms with E-state index in [1.165, 1.54) is 32.4 Å². The number of carbonyl (C=O) groups excluding carboxylic acids is 1. The highest BCUT2D eigenvalue weighted by Crippen LogP contribution is 2.33. The minimum absolute atomic E-state index is 0.0248. The fourth-order valence-electron chi connectivity index (χ4n) is 2.15. The van der Waals surface area contributed by atoms with Crippen molar-refractivity contribution in [2.24, 2.45) is 0 Å². The monoisotopic (exact) mass is 380 g/mol. The van der Waals surface area contributed by atoms with Gasteiger partial charge in [-0.25, -0.2) is 0 Å². The molecule has 0 aliphatic rings. The third kappa shape index (κ3) is 4.76. The molecule has 9 heteroatoms. The lowest BCUT2D eigenvalue weighted by molar-refractivity contribution is -0.385. The molecule has 2 aromatic rings. The van der Waals surface area contributed by atoms with E-state index in [1.54, 1.807) is 18.2 Å². The molecule has 2 aromatic carbocycles. The summed E-state index contributed by atoms with van der Waals surface area (Å²) < 4.78 is 15.6. The molecule has 0 bridgehead atoms. The SMILES string of the molecule is COc1cc(Cl)c(CNC(=O)COc2ccccc2[N+](=O)[O-])cc1OC. The molecule has 0 aliphatic carbocycles. The van der Waals surface area contributed by atoms with Crippen LogP contribution in [0.4, 0.5) is 5.69 Å². The third-order valence-electron chi connectivity index (χ3n) is 3.45. The number of nitro benzene ring substituents is 1. The molecule has 0 aromatic heterocycles. The molecular weight excluding hydrogens is 364 g/mol. The van der Waals surface area contributed by atoms with Crippen molar-refractivity contribution in [2.75, 3.05) is 20.8 Å². The normalized spacial score (nSPS) is 10.1. The van der Waals surface area contributed by atoms with Crippen LogP contribution in [-0.4, -0.2) is 31.7 Å². The summed E-state index contributed by atoms with van der Waals surface area (Å²) in [5.41, 5.74) is 0.423. The van der Waals surface area contributed by atoms with Gasteiger partial charge >= 0.3 is 5.69 Å². The van der Waals surface area contributed by atoms with Crippen molar-refractivity contribution >= 4 is 23.2 Å². The first-order chi connectivity index (χ1) is 12.5. The summed E-state index contributed by atoms with van der Waals surface area (Å²) in [4.78, 5) is 22.3. The summed E-state index contributed by atoms with van der Waals surface area (Å²) in [6.45, 7) is -0.228. The largest absolute Gasteiger partial charge is 0.493 e. The van der Waals surface area contributed by atoms with Gasteiger partial charge in [-0.15, -0.1) is 0 Å². The van der Waals surface area contributed by atoms with Gasteiger partial charge in [0.1, 0.15) is 0 Å². The maximum atomic E-state index is 12.0. The van der Waals surface area contributed by atoms with Gasteiger partial charge in [-0.2, -0.15) is 0 Å². The number of rotatable bonds is 8. The van der Waals surface area contributed by atoms with Gasteiger partial charge in [0, 0.05) is 23.7 Å². The number of nitro groups is 1. The standard InChI is InChI=1S/C17H17ClN2O6/c1-24-15-7-11(12(18)8-16(15)25-2)9-19-17(21)10-26-14-6-4-3-5-13(14)20(22)23/h3-8H,9-10H2,1-2H3,(H,19,21). The first-order valence-electron chi connectivity index (χ1n) is 7.49. The number of para-hydroxylation sites is 2. The lowest BCUT2D eigenvalue weighted by Crippen LogP contribution is -2.28. The molecule has 0 unspecified atom stereocenters. The van der Waals surface area contributed by atoms with Gasteiger partial charge in [-0.05, 0) is 17.7 Å². The van der Waals surface area contributed by atoms with Crippen LogP contribution in [0.25, 0.3) is 0 Å². The molecule has 1 N–H and O–H groups in total. The van der Waals surface area contributed by atoms with Crippen molar-refractivity contribution in [3.8, 4) is 17.2 Å². The third-order valence-corrected chi connectivity index (χ3v) is 3.80. The molecule has 0 heterocycles. The van der Waals surface area contributed by atoms with E-state index in [2.05, 4.69) is 5.32 Å². The van der Waals surface area contributed by atoms with Crippen LogP contribution in [0.2, 0.25) is 5.02 Å². The number of amides is 1. The predicted octanol–water partition coefficient (Wildman–Crippen LogP) is 2.96. The van der Waals surface area contributed by atoms with E-state index in [9.17, 15) is 14.9 Å². The van der Waals surface area contributed by atoms with Gasteiger partial charge in [-0.1, -0.05) is 23.7 Å². The molecular formula is C17H17ClN2O6. The topological polar surface area (TPSA) is 99.9 Å². The van der Waals surface area contributed by atoms with Crippen LogP contribution in [-0.2, 0) is 11.3 Å². The van der Waals surface area contributed by atoms with Crippen molar-refractivity contribution < 1.29 is 23.9 Å².